The second kappa shape index (κ2) is 4.69. The number of nitro benzene ring substituents is 1. The monoisotopic (exact) mass is 281 g/mol. The Labute approximate surface area is 112 Å². The number of benzene rings is 1. The van der Waals surface area contributed by atoms with Gasteiger partial charge in [0.1, 0.15) is 11.3 Å². The fourth-order valence-corrected chi connectivity index (χ4v) is 1.77. The average molecular weight is 282 g/mol. The molecule has 0 aliphatic heterocycles. The first-order valence-corrected chi connectivity index (χ1v) is 5.52. The number of nitro groups is 1. The van der Waals surface area contributed by atoms with Crippen LogP contribution < -0.4 is 0 Å². The Hall–Kier alpha value is -2.41. The fraction of sp³-hybridized carbons (Fsp3) is 0.0909. The van der Waals surface area contributed by atoms with E-state index in [1.165, 1.54) is 29.1 Å². The van der Waals surface area contributed by atoms with Crippen LogP contribution in [0.3, 0.4) is 0 Å². The molecule has 0 fully saturated rings. The number of rotatable bonds is 3. The lowest BCUT2D eigenvalue weighted by atomic mass is 10.1. The number of para-hydroxylation sites is 1. The summed E-state index contributed by atoms with van der Waals surface area (Å²) in [5.74, 6) is -1.37. The highest BCUT2D eigenvalue weighted by molar-refractivity contribution is 6.31. The Morgan fingerprint density at radius 2 is 2.21 bits per heavy atom. The van der Waals surface area contributed by atoms with E-state index in [4.69, 9.17) is 16.7 Å². The first-order valence-electron chi connectivity index (χ1n) is 5.14. The second-order valence-electron chi connectivity index (χ2n) is 3.74. The van der Waals surface area contributed by atoms with Crippen molar-refractivity contribution in [2.24, 2.45) is 0 Å². The van der Waals surface area contributed by atoms with Gasteiger partial charge in [0.25, 0.3) is 0 Å². The van der Waals surface area contributed by atoms with Gasteiger partial charge in [-0.05, 0) is 19.1 Å². The highest BCUT2D eigenvalue weighted by atomic mass is 35.5. The number of nitrogens with zero attached hydrogens (tertiary/aromatic N) is 3. The predicted molar refractivity (Wildman–Crippen MR) is 66.9 cm³/mol. The SMILES string of the molecule is Cc1nn(-c2cccc(C(=O)O)c2[N+](=O)[O-])cc1Cl. The fourth-order valence-electron chi connectivity index (χ4n) is 1.64. The van der Waals surface area contributed by atoms with E-state index in [0.717, 1.165) is 0 Å². The van der Waals surface area contributed by atoms with Crippen LogP contribution in [0.5, 0.6) is 0 Å². The molecule has 0 saturated heterocycles. The molecule has 0 radical (unpaired) electrons. The van der Waals surface area contributed by atoms with Crippen molar-refractivity contribution in [2.45, 2.75) is 6.92 Å². The van der Waals surface area contributed by atoms with Crippen molar-refractivity contribution in [3.63, 3.8) is 0 Å². The molecule has 0 bridgehead atoms. The maximum absolute atomic E-state index is 11.1. The zero-order valence-corrected chi connectivity index (χ0v) is 10.5. The quantitative estimate of drug-likeness (QED) is 0.688. The summed E-state index contributed by atoms with van der Waals surface area (Å²) < 4.78 is 1.20. The van der Waals surface area contributed by atoms with Crippen molar-refractivity contribution in [3.05, 3.63) is 50.8 Å². The molecule has 1 aromatic carbocycles. The van der Waals surface area contributed by atoms with E-state index >= 15 is 0 Å². The molecule has 0 saturated carbocycles. The van der Waals surface area contributed by atoms with Crippen LogP contribution in [-0.2, 0) is 0 Å². The minimum absolute atomic E-state index is 0.0555. The van der Waals surface area contributed by atoms with E-state index < -0.39 is 22.1 Å². The van der Waals surface area contributed by atoms with E-state index in [9.17, 15) is 14.9 Å². The minimum atomic E-state index is -1.37. The van der Waals surface area contributed by atoms with Crippen LogP contribution in [0, 0.1) is 17.0 Å². The highest BCUT2D eigenvalue weighted by Gasteiger charge is 2.25. The molecule has 2 aromatic rings. The van der Waals surface area contributed by atoms with Crippen molar-refractivity contribution in [1.29, 1.82) is 0 Å². The average Bonchev–Trinajstić information content (AvgIpc) is 2.68. The van der Waals surface area contributed by atoms with Gasteiger partial charge in [0.05, 0.1) is 15.6 Å². The summed E-state index contributed by atoms with van der Waals surface area (Å²) in [5, 5.41) is 24.4. The van der Waals surface area contributed by atoms with Crippen LogP contribution in [0.25, 0.3) is 5.69 Å². The van der Waals surface area contributed by atoms with Gasteiger partial charge in [0.2, 0.25) is 0 Å². The molecule has 19 heavy (non-hydrogen) atoms. The minimum Gasteiger partial charge on any atom is -0.477 e. The maximum atomic E-state index is 11.1. The molecular weight excluding hydrogens is 274 g/mol. The molecule has 0 aliphatic rings. The Balaban J connectivity index is 2.73. The van der Waals surface area contributed by atoms with E-state index in [1.807, 2.05) is 0 Å². The molecular formula is C11H8ClN3O4. The molecule has 0 atom stereocenters. The van der Waals surface area contributed by atoms with Gasteiger partial charge in [0, 0.05) is 6.20 Å². The molecule has 0 amide bonds. The summed E-state index contributed by atoms with van der Waals surface area (Å²) >= 11 is 5.84. The standard InChI is InChI=1S/C11H8ClN3O4/c1-6-8(12)5-14(13-6)9-4-2-3-7(11(16)17)10(9)15(18)19/h2-5H,1H3,(H,16,17). The van der Waals surface area contributed by atoms with Crippen LogP contribution in [-0.4, -0.2) is 25.8 Å². The topological polar surface area (TPSA) is 98.3 Å². The van der Waals surface area contributed by atoms with Gasteiger partial charge in [-0.25, -0.2) is 9.48 Å². The van der Waals surface area contributed by atoms with E-state index in [-0.39, 0.29) is 5.69 Å². The molecule has 7 nitrogen and oxygen atoms in total. The summed E-state index contributed by atoms with van der Waals surface area (Å²) in [7, 11) is 0. The number of aromatic nitrogens is 2. The molecule has 1 N–H and O–H groups in total. The zero-order valence-electron chi connectivity index (χ0n) is 9.70. The van der Waals surface area contributed by atoms with Gasteiger partial charge < -0.3 is 5.11 Å². The second-order valence-corrected chi connectivity index (χ2v) is 4.15. The third-order valence-corrected chi connectivity index (χ3v) is 2.88. The van der Waals surface area contributed by atoms with Crippen molar-refractivity contribution in [2.75, 3.05) is 0 Å². The number of halogens is 1. The Kier molecular flexibility index (Phi) is 3.22. The van der Waals surface area contributed by atoms with Gasteiger partial charge in [-0.3, -0.25) is 10.1 Å². The van der Waals surface area contributed by atoms with Crippen LogP contribution in [0.1, 0.15) is 16.1 Å². The molecule has 2 rings (SSSR count). The van der Waals surface area contributed by atoms with Crippen molar-refractivity contribution in [3.8, 4) is 5.69 Å². The summed E-state index contributed by atoms with van der Waals surface area (Å²) in [6, 6.07) is 3.99. The van der Waals surface area contributed by atoms with Gasteiger partial charge >= 0.3 is 11.7 Å². The largest absolute Gasteiger partial charge is 0.477 e. The lowest BCUT2D eigenvalue weighted by molar-refractivity contribution is -0.385. The summed E-state index contributed by atoms with van der Waals surface area (Å²) in [6.07, 6.45) is 1.39. The number of carboxylic acids is 1. The Bertz CT molecular complexity index is 661. The van der Waals surface area contributed by atoms with E-state index in [2.05, 4.69) is 5.10 Å². The number of hydrogen-bond acceptors (Lipinski definition) is 4. The van der Waals surface area contributed by atoms with Crippen LogP contribution in [0.2, 0.25) is 5.02 Å². The van der Waals surface area contributed by atoms with Gasteiger partial charge in [-0.1, -0.05) is 17.7 Å². The first kappa shape index (κ1) is 13.0. The predicted octanol–water partition coefficient (Wildman–Crippen LogP) is 2.44. The van der Waals surface area contributed by atoms with Gasteiger partial charge in [-0.15, -0.1) is 0 Å². The Morgan fingerprint density at radius 1 is 1.53 bits per heavy atom. The number of carboxylic acid groups (broad SMARTS) is 1. The van der Waals surface area contributed by atoms with Crippen molar-refractivity contribution in [1.82, 2.24) is 9.78 Å². The van der Waals surface area contributed by atoms with Crippen LogP contribution >= 0.6 is 11.6 Å². The molecule has 1 heterocycles. The summed E-state index contributed by atoms with van der Waals surface area (Å²) in [4.78, 5) is 21.4. The molecule has 0 aliphatic carbocycles. The third kappa shape index (κ3) is 2.27. The Morgan fingerprint density at radius 3 is 2.68 bits per heavy atom. The highest BCUT2D eigenvalue weighted by Crippen LogP contribution is 2.28. The van der Waals surface area contributed by atoms with Crippen molar-refractivity contribution < 1.29 is 14.8 Å². The smallest absolute Gasteiger partial charge is 0.342 e. The van der Waals surface area contributed by atoms with E-state index in [1.54, 1.807) is 6.92 Å². The molecule has 0 unspecified atom stereocenters. The number of aryl methyl sites for hydroxylation is 1. The number of hydrogen-bond donors (Lipinski definition) is 1. The van der Waals surface area contributed by atoms with Gasteiger partial charge in [0.15, 0.2) is 0 Å². The number of aromatic carboxylic acids is 1. The third-order valence-electron chi connectivity index (χ3n) is 2.51. The van der Waals surface area contributed by atoms with Gasteiger partial charge in [-0.2, -0.15) is 5.10 Å². The first-order chi connectivity index (χ1) is 8.91. The van der Waals surface area contributed by atoms with Crippen LogP contribution in [0.15, 0.2) is 24.4 Å². The summed E-state index contributed by atoms with van der Waals surface area (Å²) in [5.41, 5.74) is -0.363. The normalized spacial score (nSPS) is 10.4. The number of carbonyl (C=O) groups is 1. The molecule has 0 spiro atoms. The lowest BCUT2D eigenvalue weighted by Crippen LogP contribution is -2.07. The molecule has 8 heteroatoms. The van der Waals surface area contributed by atoms with Crippen LogP contribution in [0.4, 0.5) is 5.69 Å². The van der Waals surface area contributed by atoms with Crippen molar-refractivity contribution >= 4 is 23.3 Å². The van der Waals surface area contributed by atoms with E-state index in [0.29, 0.717) is 10.7 Å². The summed E-state index contributed by atoms with van der Waals surface area (Å²) in [6.45, 7) is 1.64. The zero-order chi connectivity index (χ0) is 14.2. The lowest BCUT2D eigenvalue weighted by Gasteiger charge is -2.05. The molecule has 98 valence electrons. The maximum Gasteiger partial charge on any atom is 0.342 e. The molecule has 1 aromatic heterocycles.